The molecule has 0 saturated carbocycles. The Morgan fingerprint density at radius 3 is 2.72 bits per heavy atom. The number of ether oxygens (including phenoxy) is 1. The zero-order chi connectivity index (χ0) is 13.1. The highest BCUT2D eigenvalue weighted by Crippen LogP contribution is 2.23. The predicted octanol–water partition coefficient (Wildman–Crippen LogP) is 2.83. The third-order valence-corrected chi connectivity index (χ3v) is 4.02. The van der Waals surface area contributed by atoms with Crippen molar-refractivity contribution in [2.75, 3.05) is 12.3 Å². The molecule has 18 heavy (non-hydrogen) atoms. The first-order valence-electron chi connectivity index (χ1n) is 5.82. The summed E-state index contributed by atoms with van der Waals surface area (Å²) in [4.78, 5) is 0. The van der Waals surface area contributed by atoms with E-state index < -0.39 is 0 Å². The summed E-state index contributed by atoms with van der Waals surface area (Å²) >= 11 is 2.22. The van der Waals surface area contributed by atoms with Crippen molar-refractivity contribution in [3.8, 4) is 5.75 Å². The van der Waals surface area contributed by atoms with Crippen LogP contribution in [0, 0.1) is 10.5 Å². The summed E-state index contributed by atoms with van der Waals surface area (Å²) in [5.74, 6) is 1.60. The molecule has 0 aliphatic carbocycles. The Hall–Kier alpha value is -1.24. The fraction of sp³-hybridized carbons (Fsp3) is 0.308. The molecule has 0 saturated heterocycles. The van der Waals surface area contributed by atoms with Gasteiger partial charge in [-0.1, -0.05) is 18.2 Å². The van der Waals surface area contributed by atoms with E-state index in [9.17, 15) is 0 Å². The smallest absolute Gasteiger partial charge is 0.135 e. The Kier molecular flexibility index (Phi) is 4.11. The van der Waals surface area contributed by atoms with Gasteiger partial charge in [0.05, 0.1) is 22.4 Å². The first-order chi connectivity index (χ1) is 8.63. The zero-order valence-corrected chi connectivity index (χ0v) is 12.6. The van der Waals surface area contributed by atoms with Crippen LogP contribution in [0.3, 0.4) is 0 Å². The van der Waals surface area contributed by atoms with E-state index in [-0.39, 0.29) is 0 Å². The minimum absolute atomic E-state index is 0.631. The van der Waals surface area contributed by atoms with Crippen molar-refractivity contribution in [1.29, 1.82) is 0 Å². The summed E-state index contributed by atoms with van der Waals surface area (Å²) in [6.45, 7) is 5.23. The molecular weight excluding hydrogens is 341 g/mol. The molecule has 0 unspecified atom stereocenters. The molecule has 2 rings (SSSR count). The minimum Gasteiger partial charge on any atom is -0.494 e. The van der Waals surface area contributed by atoms with E-state index in [2.05, 4.69) is 27.7 Å². The number of rotatable bonds is 4. The monoisotopic (exact) mass is 357 g/mol. The fourth-order valence-electron chi connectivity index (χ4n) is 1.79. The maximum absolute atomic E-state index is 6.03. The molecule has 0 fully saturated rings. The molecule has 0 aliphatic rings. The van der Waals surface area contributed by atoms with Crippen LogP contribution in [0.4, 0.5) is 5.82 Å². The molecule has 96 valence electrons. The van der Waals surface area contributed by atoms with Crippen LogP contribution in [0.25, 0.3) is 0 Å². The summed E-state index contributed by atoms with van der Waals surface area (Å²) in [7, 11) is 0. The van der Waals surface area contributed by atoms with Crippen LogP contribution in [-0.2, 0) is 6.54 Å². The van der Waals surface area contributed by atoms with Crippen LogP contribution < -0.4 is 10.5 Å². The van der Waals surface area contributed by atoms with E-state index >= 15 is 0 Å². The lowest BCUT2D eigenvalue weighted by Gasteiger charge is -2.10. The number of hydrogen-bond acceptors (Lipinski definition) is 3. The summed E-state index contributed by atoms with van der Waals surface area (Å²) in [5.41, 5.74) is 8.08. The number of nitrogen functional groups attached to an aromatic ring is 1. The topological polar surface area (TPSA) is 53.1 Å². The van der Waals surface area contributed by atoms with Crippen molar-refractivity contribution in [2.45, 2.75) is 20.4 Å². The van der Waals surface area contributed by atoms with Gasteiger partial charge in [-0.15, -0.1) is 0 Å². The maximum Gasteiger partial charge on any atom is 0.135 e. The van der Waals surface area contributed by atoms with Gasteiger partial charge in [0.25, 0.3) is 0 Å². The van der Waals surface area contributed by atoms with Gasteiger partial charge in [0.1, 0.15) is 11.6 Å². The number of nitrogens with two attached hydrogens (primary N) is 1. The summed E-state index contributed by atoms with van der Waals surface area (Å²) in [6, 6.07) is 7.97. The van der Waals surface area contributed by atoms with Gasteiger partial charge in [-0.3, -0.25) is 0 Å². The second-order valence-corrected chi connectivity index (χ2v) is 5.06. The number of benzene rings is 1. The van der Waals surface area contributed by atoms with Crippen LogP contribution in [0.2, 0.25) is 0 Å². The fourth-order valence-corrected chi connectivity index (χ4v) is 2.18. The number of aryl methyl sites for hydroxylation is 1. The SMILES string of the molecule is CCOc1ccccc1Cn1nc(C)c(I)c1N. The highest BCUT2D eigenvalue weighted by molar-refractivity contribution is 14.1. The number of hydrogen-bond donors (Lipinski definition) is 1. The molecule has 0 spiro atoms. The standard InChI is InChI=1S/C13H16IN3O/c1-3-18-11-7-5-4-6-10(11)8-17-13(15)12(14)9(2)16-17/h4-7H,3,8,15H2,1-2H3. The first-order valence-corrected chi connectivity index (χ1v) is 6.90. The van der Waals surface area contributed by atoms with Crippen LogP contribution in [-0.4, -0.2) is 16.4 Å². The maximum atomic E-state index is 6.03. The quantitative estimate of drug-likeness (QED) is 0.857. The Bertz CT molecular complexity index is 551. The Labute approximate surface area is 120 Å². The van der Waals surface area contributed by atoms with Gasteiger partial charge in [0.15, 0.2) is 0 Å². The van der Waals surface area contributed by atoms with Crippen molar-refractivity contribution >= 4 is 28.4 Å². The molecule has 0 bridgehead atoms. The third kappa shape index (κ3) is 2.60. The molecule has 1 aromatic carbocycles. The zero-order valence-electron chi connectivity index (χ0n) is 10.5. The van der Waals surface area contributed by atoms with Gasteiger partial charge >= 0.3 is 0 Å². The lowest BCUT2D eigenvalue weighted by molar-refractivity contribution is 0.335. The average molecular weight is 357 g/mol. The molecule has 1 aromatic heterocycles. The molecule has 0 amide bonds. The van der Waals surface area contributed by atoms with Gasteiger partial charge in [0.2, 0.25) is 0 Å². The summed E-state index contributed by atoms with van der Waals surface area (Å²) in [6.07, 6.45) is 0. The number of halogens is 1. The van der Waals surface area contributed by atoms with Crippen molar-refractivity contribution in [2.24, 2.45) is 0 Å². The number of aromatic nitrogens is 2. The molecule has 0 aliphatic heterocycles. The predicted molar refractivity (Wildman–Crippen MR) is 80.8 cm³/mol. The minimum atomic E-state index is 0.631. The average Bonchev–Trinajstić information content (AvgIpc) is 2.60. The second kappa shape index (κ2) is 5.60. The van der Waals surface area contributed by atoms with E-state index in [1.165, 1.54) is 0 Å². The van der Waals surface area contributed by atoms with E-state index in [4.69, 9.17) is 10.5 Å². The lowest BCUT2D eigenvalue weighted by Crippen LogP contribution is -2.08. The Morgan fingerprint density at radius 2 is 2.11 bits per heavy atom. The molecule has 2 aromatic rings. The van der Waals surface area contributed by atoms with E-state index in [1.54, 1.807) is 0 Å². The largest absolute Gasteiger partial charge is 0.494 e. The van der Waals surface area contributed by atoms with Crippen molar-refractivity contribution in [3.05, 3.63) is 39.1 Å². The third-order valence-electron chi connectivity index (χ3n) is 2.68. The van der Waals surface area contributed by atoms with Crippen LogP contribution in [0.1, 0.15) is 18.2 Å². The van der Waals surface area contributed by atoms with Crippen LogP contribution >= 0.6 is 22.6 Å². The Balaban J connectivity index is 2.31. The normalized spacial score (nSPS) is 10.6. The molecule has 2 N–H and O–H groups in total. The summed E-state index contributed by atoms with van der Waals surface area (Å²) < 4.78 is 8.43. The van der Waals surface area contributed by atoms with E-state index in [1.807, 2.05) is 42.8 Å². The first kappa shape index (κ1) is 13.2. The van der Waals surface area contributed by atoms with Crippen LogP contribution in [0.15, 0.2) is 24.3 Å². The highest BCUT2D eigenvalue weighted by Gasteiger charge is 2.11. The number of nitrogens with zero attached hydrogens (tertiary/aromatic N) is 2. The van der Waals surface area contributed by atoms with Crippen molar-refractivity contribution < 1.29 is 4.74 Å². The van der Waals surface area contributed by atoms with E-state index in [0.717, 1.165) is 20.6 Å². The highest BCUT2D eigenvalue weighted by atomic mass is 127. The van der Waals surface area contributed by atoms with Gasteiger partial charge in [-0.25, -0.2) is 4.68 Å². The molecule has 4 nitrogen and oxygen atoms in total. The second-order valence-electron chi connectivity index (χ2n) is 3.98. The van der Waals surface area contributed by atoms with Crippen LogP contribution in [0.5, 0.6) is 5.75 Å². The van der Waals surface area contributed by atoms with Crippen molar-refractivity contribution in [1.82, 2.24) is 9.78 Å². The molecule has 0 atom stereocenters. The van der Waals surface area contributed by atoms with Gasteiger partial charge in [-0.05, 0) is 42.5 Å². The summed E-state index contributed by atoms with van der Waals surface area (Å²) in [5, 5.41) is 4.43. The van der Waals surface area contributed by atoms with Gasteiger partial charge in [0, 0.05) is 5.56 Å². The molecule has 0 radical (unpaired) electrons. The van der Waals surface area contributed by atoms with E-state index in [0.29, 0.717) is 19.0 Å². The molecular formula is C13H16IN3O. The Morgan fingerprint density at radius 1 is 1.39 bits per heavy atom. The molecule has 1 heterocycles. The molecule has 5 heteroatoms. The lowest BCUT2D eigenvalue weighted by atomic mass is 10.2. The van der Waals surface area contributed by atoms with Gasteiger partial charge in [-0.2, -0.15) is 5.10 Å². The van der Waals surface area contributed by atoms with Gasteiger partial charge < -0.3 is 10.5 Å². The van der Waals surface area contributed by atoms with Crippen molar-refractivity contribution in [3.63, 3.8) is 0 Å². The number of para-hydroxylation sites is 1. The number of anilines is 1.